The Kier molecular flexibility index (Phi) is 4.57. The second-order valence-electron chi connectivity index (χ2n) is 5.29. The summed E-state index contributed by atoms with van der Waals surface area (Å²) in [5, 5.41) is 17.9. The molecule has 17 heavy (non-hydrogen) atoms. The molecule has 0 aliphatic heterocycles. The van der Waals surface area contributed by atoms with E-state index in [1.54, 1.807) is 0 Å². The second-order valence-corrected chi connectivity index (χ2v) is 5.29. The fourth-order valence-electron chi connectivity index (χ4n) is 2.92. The number of aliphatic hydroxyl groups is 2. The molecule has 94 valence electrons. The molecule has 0 atom stereocenters. The maximum Gasteiger partial charge on any atom is 0.151 e. The van der Waals surface area contributed by atoms with E-state index >= 15 is 0 Å². The van der Waals surface area contributed by atoms with Gasteiger partial charge in [-0.05, 0) is 49.5 Å². The molecule has 1 saturated carbocycles. The van der Waals surface area contributed by atoms with Gasteiger partial charge >= 0.3 is 0 Å². The molecule has 0 spiro atoms. The zero-order valence-corrected chi connectivity index (χ0v) is 10.3. The van der Waals surface area contributed by atoms with Crippen molar-refractivity contribution in [2.45, 2.75) is 44.8 Å². The van der Waals surface area contributed by atoms with Gasteiger partial charge in [0.05, 0.1) is 0 Å². The van der Waals surface area contributed by atoms with E-state index in [0.29, 0.717) is 12.3 Å². The Labute approximate surface area is 103 Å². The van der Waals surface area contributed by atoms with E-state index < -0.39 is 6.29 Å². The summed E-state index contributed by atoms with van der Waals surface area (Å²) in [7, 11) is 0. The van der Waals surface area contributed by atoms with Gasteiger partial charge in [-0.3, -0.25) is 0 Å². The molecular formula is C15H22O2. The van der Waals surface area contributed by atoms with Crippen molar-refractivity contribution in [3.63, 3.8) is 0 Å². The average molecular weight is 234 g/mol. The smallest absolute Gasteiger partial charge is 0.151 e. The van der Waals surface area contributed by atoms with E-state index in [1.807, 2.05) is 0 Å². The van der Waals surface area contributed by atoms with Gasteiger partial charge in [-0.25, -0.2) is 0 Å². The Morgan fingerprint density at radius 1 is 0.941 bits per heavy atom. The molecule has 0 amide bonds. The third-order valence-corrected chi connectivity index (χ3v) is 3.88. The molecule has 1 aromatic rings. The Morgan fingerprint density at radius 2 is 1.53 bits per heavy atom. The van der Waals surface area contributed by atoms with E-state index in [9.17, 15) is 0 Å². The minimum atomic E-state index is -1.12. The summed E-state index contributed by atoms with van der Waals surface area (Å²) in [6.45, 7) is 0. The van der Waals surface area contributed by atoms with Crippen LogP contribution >= 0.6 is 0 Å². The summed E-state index contributed by atoms with van der Waals surface area (Å²) in [6, 6.07) is 10.7. The number of hydrogen-bond donors (Lipinski definition) is 2. The molecule has 0 radical (unpaired) electrons. The number of benzene rings is 1. The van der Waals surface area contributed by atoms with Crippen molar-refractivity contribution >= 4 is 0 Å². The first kappa shape index (κ1) is 12.6. The molecule has 0 bridgehead atoms. The lowest BCUT2D eigenvalue weighted by Crippen LogP contribution is -2.20. The minimum absolute atomic E-state index is 0.516. The van der Waals surface area contributed by atoms with Crippen LogP contribution in [0.4, 0.5) is 0 Å². The topological polar surface area (TPSA) is 40.5 Å². The van der Waals surface area contributed by atoms with Gasteiger partial charge in [0.1, 0.15) is 0 Å². The van der Waals surface area contributed by atoms with Crippen LogP contribution in [0.25, 0.3) is 0 Å². The molecule has 0 heterocycles. The van der Waals surface area contributed by atoms with Gasteiger partial charge in [-0.15, -0.1) is 0 Å². The summed E-state index contributed by atoms with van der Waals surface area (Å²) < 4.78 is 0. The molecule has 2 N–H and O–H groups in total. The predicted octanol–water partition coefficient (Wildman–Crippen LogP) is 2.74. The molecule has 0 saturated heterocycles. The molecule has 2 rings (SSSR count). The van der Waals surface area contributed by atoms with E-state index in [-0.39, 0.29) is 0 Å². The van der Waals surface area contributed by atoms with Crippen LogP contribution in [0.1, 0.15) is 37.7 Å². The summed E-state index contributed by atoms with van der Waals surface area (Å²) in [4.78, 5) is 0. The molecule has 1 fully saturated rings. The van der Waals surface area contributed by atoms with E-state index in [4.69, 9.17) is 10.2 Å². The standard InChI is InChI=1S/C15H22O2/c16-15(17)11-14-8-6-13(7-9-14)10-12-4-2-1-3-5-12/h1-5,13-17H,6-11H2. The highest BCUT2D eigenvalue weighted by molar-refractivity contribution is 5.15. The van der Waals surface area contributed by atoms with Gasteiger partial charge in [-0.1, -0.05) is 30.3 Å². The fraction of sp³-hybridized carbons (Fsp3) is 0.600. The van der Waals surface area contributed by atoms with Gasteiger partial charge in [0.15, 0.2) is 6.29 Å². The third-order valence-electron chi connectivity index (χ3n) is 3.88. The van der Waals surface area contributed by atoms with Crippen LogP contribution in [0.5, 0.6) is 0 Å². The van der Waals surface area contributed by atoms with Gasteiger partial charge in [0.25, 0.3) is 0 Å². The highest BCUT2D eigenvalue weighted by Crippen LogP contribution is 2.33. The van der Waals surface area contributed by atoms with Crippen molar-refractivity contribution in [3.8, 4) is 0 Å². The zero-order valence-electron chi connectivity index (χ0n) is 10.3. The summed E-state index contributed by atoms with van der Waals surface area (Å²) in [5.41, 5.74) is 1.43. The maximum absolute atomic E-state index is 8.96. The quantitative estimate of drug-likeness (QED) is 0.786. The molecular weight excluding hydrogens is 212 g/mol. The normalized spacial score (nSPS) is 25.1. The number of aliphatic hydroxyl groups excluding tert-OH is 1. The summed E-state index contributed by atoms with van der Waals surface area (Å²) in [5.74, 6) is 1.30. The van der Waals surface area contributed by atoms with Crippen molar-refractivity contribution in [1.82, 2.24) is 0 Å². The highest BCUT2D eigenvalue weighted by atomic mass is 16.5. The van der Waals surface area contributed by atoms with Gasteiger partial charge in [0, 0.05) is 6.42 Å². The molecule has 1 aliphatic carbocycles. The zero-order chi connectivity index (χ0) is 12.1. The lowest BCUT2D eigenvalue weighted by molar-refractivity contribution is -0.0599. The largest absolute Gasteiger partial charge is 0.368 e. The molecule has 0 unspecified atom stereocenters. The van der Waals surface area contributed by atoms with Gasteiger partial charge in [-0.2, -0.15) is 0 Å². The van der Waals surface area contributed by atoms with Crippen LogP contribution in [-0.2, 0) is 6.42 Å². The van der Waals surface area contributed by atoms with Crippen LogP contribution in [0, 0.1) is 11.8 Å². The monoisotopic (exact) mass is 234 g/mol. The lowest BCUT2D eigenvalue weighted by atomic mass is 9.78. The molecule has 2 heteroatoms. The summed E-state index contributed by atoms with van der Waals surface area (Å²) in [6.07, 6.45) is 5.36. The van der Waals surface area contributed by atoms with Crippen molar-refractivity contribution in [2.24, 2.45) is 11.8 Å². The molecule has 1 aromatic carbocycles. The van der Waals surface area contributed by atoms with Crippen molar-refractivity contribution < 1.29 is 10.2 Å². The highest BCUT2D eigenvalue weighted by Gasteiger charge is 2.22. The van der Waals surface area contributed by atoms with Crippen molar-refractivity contribution in [2.75, 3.05) is 0 Å². The summed E-state index contributed by atoms with van der Waals surface area (Å²) >= 11 is 0. The van der Waals surface area contributed by atoms with Gasteiger partial charge < -0.3 is 10.2 Å². The van der Waals surface area contributed by atoms with E-state index in [1.165, 1.54) is 24.8 Å². The van der Waals surface area contributed by atoms with Crippen LogP contribution < -0.4 is 0 Å². The van der Waals surface area contributed by atoms with E-state index in [0.717, 1.165) is 18.8 Å². The number of hydrogen-bond acceptors (Lipinski definition) is 2. The Bertz CT molecular complexity index is 313. The SMILES string of the molecule is OC(O)CC1CCC(Cc2ccccc2)CC1. The predicted molar refractivity (Wildman–Crippen MR) is 68.4 cm³/mol. The Balaban J connectivity index is 1.76. The average Bonchev–Trinajstić information content (AvgIpc) is 2.32. The van der Waals surface area contributed by atoms with Crippen LogP contribution in [0.15, 0.2) is 30.3 Å². The van der Waals surface area contributed by atoms with Crippen LogP contribution in [0.3, 0.4) is 0 Å². The van der Waals surface area contributed by atoms with E-state index in [2.05, 4.69) is 30.3 Å². The van der Waals surface area contributed by atoms with Crippen LogP contribution in [-0.4, -0.2) is 16.5 Å². The molecule has 2 nitrogen and oxygen atoms in total. The molecule has 1 aliphatic rings. The third kappa shape index (κ3) is 4.14. The van der Waals surface area contributed by atoms with Crippen LogP contribution in [0.2, 0.25) is 0 Å². The first-order valence-corrected chi connectivity index (χ1v) is 6.64. The van der Waals surface area contributed by atoms with Gasteiger partial charge in [0.2, 0.25) is 0 Å². The number of rotatable bonds is 4. The molecule has 0 aromatic heterocycles. The first-order valence-electron chi connectivity index (χ1n) is 6.64. The first-order chi connectivity index (χ1) is 8.24. The van der Waals surface area contributed by atoms with Crippen molar-refractivity contribution in [3.05, 3.63) is 35.9 Å². The Morgan fingerprint density at radius 3 is 2.12 bits per heavy atom. The fourth-order valence-corrected chi connectivity index (χ4v) is 2.92. The Hall–Kier alpha value is -0.860. The lowest BCUT2D eigenvalue weighted by Gasteiger charge is -2.29. The van der Waals surface area contributed by atoms with Crippen molar-refractivity contribution in [1.29, 1.82) is 0 Å². The minimum Gasteiger partial charge on any atom is -0.368 e. The second kappa shape index (κ2) is 6.18. The maximum atomic E-state index is 8.96.